The van der Waals surface area contributed by atoms with E-state index in [4.69, 9.17) is 9.84 Å². The SMILES string of the molecule is COc1cc(SC)ccc1NC(=O)N1CCC(C(=O)O)CC1. The molecule has 120 valence electrons. The largest absolute Gasteiger partial charge is 0.495 e. The quantitative estimate of drug-likeness (QED) is 0.833. The number of thioether (sulfide) groups is 1. The summed E-state index contributed by atoms with van der Waals surface area (Å²) in [6.07, 6.45) is 2.95. The lowest BCUT2D eigenvalue weighted by Gasteiger charge is -2.30. The van der Waals surface area contributed by atoms with Gasteiger partial charge in [0.25, 0.3) is 0 Å². The van der Waals surface area contributed by atoms with Crippen molar-refractivity contribution in [1.29, 1.82) is 0 Å². The number of carboxylic acids is 1. The fourth-order valence-corrected chi connectivity index (χ4v) is 2.85. The third-order valence-corrected chi connectivity index (χ3v) is 4.51. The number of hydrogen-bond donors (Lipinski definition) is 2. The van der Waals surface area contributed by atoms with Crippen molar-refractivity contribution < 1.29 is 19.4 Å². The van der Waals surface area contributed by atoms with Crippen LogP contribution in [0.2, 0.25) is 0 Å². The van der Waals surface area contributed by atoms with Gasteiger partial charge in [-0.1, -0.05) is 0 Å². The van der Waals surface area contributed by atoms with E-state index in [9.17, 15) is 9.59 Å². The Morgan fingerprint density at radius 2 is 2.05 bits per heavy atom. The molecule has 0 spiro atoms. The number of nitrogens with one attached hydrogen (secondary N) is 1. The van der Waals surface area contributed by atoms with E-state index in [1.165, 1.54) is 0 Å². The van der Waals surface area contributed by atoms with Crippen LogP contribution in [0.5, 0.6) is 5.75 Å². The van der Waals surface area contributed by atoms with Crippen molar-refractivity contribution in [3.05, 3.63) is 18.2 Å². The summed E-state index contributed by atoms with van der Waals surface area (Å²) in [5, 5.41) is 11.8. The summed E-state index contributed by atoms with van der Waals surface area (Å²) in [5.41, 5.74) is 0.616. The number of aliphatic carboxylic acids is 1. The van der Waals surface area contributed by atoms with E-state index in [-0.39, 0.29) is 11.9 Å². The highest BCUT2D eigenvalue weighted by Crippen LogP contribution is 2.30. The Morgan fingerprint density at radius 1 is 1.36 bits per heavy atom. The van der Waals surface area contributed by atoms with Crippen LogP contribution in [-0.4, -0.2) is 48.5 Å². The lowest BCUT2D eigenvalue weighted by Crippen LogP contribution is -2.42. The normalized spacial score (nSPS) is 15.5. The minimum absolute atomic E-state index is 0.223. The van der Waals surface area contributed by atoms with E-state index in [1.54, 1.807) is 23.8 Å². The average molecular weight is 324 g/mol. The van der Waals surface area contributed by atoms with Crippen LogP contribution in [0.1, 0.15) is 12.8 Å². The summed E-state index contributed by atoms with van der Waals surface area (Å²) in [6.45, 7) is 0.905. The third-order valence-electron chi connectivity index (χ3n) is 3.78. The maximum absolute atomic E-state index is 12.3. The van der Waals surface area contributed by atoms with Crippen LogP contribution in [0.25, 0.3) is 0 Å². The number of rotatable bonds is 4. The summed E-state index contributed by atoms with van der Waals surface area (Å²) in [4.78, 5) is 25.9. The first-order valence-electron chi connectivity index (χ1n) is 7.06. The van der Waals surface area contributed by atoms with E-state index >= 15 is 0 Å². The number of nitrogens with zero attached hydrogens (tertiary/aromatic N) is 1. The van der Waals surface area contributed by atoms with Crippen LogP contribution in [0.4, 0.5) is 10.5 Å². The monoisotopic (exact) mass is 324 g/mol. The molecule has 22 heavy (non-hydrogen) atoms. The number of amides is 2. The number of piperidine rings is 1. The number of urea groups is 1. The van der Waals surface area contributed by atoms with E-state index in [0.29, 0.717) is 37.4 Å². The van der Waals surface area contributed by atoms with E-state index in [1.807, 2.05) is 24.5 Å². The molecule has 1 aromatic rings. The van der Waals surface area contributed by atoms with Crippen molar-refractivity contribution in [2.24, 2.45) is 5.92 Å². The molecule has 7 heteroatoms. The summed E-state index contributed by atoms with van der Waals surface area (Å²) in [6, 6.07) is 5.38. The topological polar surface area (TPSA) is 78.9 Å². The standard InChI is InChI=1S/C15H20N2O4S/c1-21-13-9-11(22-2)3-4-12(13)16-15(20)17-7-5-10(6-8-17)14(18)19/h3-4,9-10H,5-8H2,1-2H3,(H,16,20)(H,18,19). The van der Waals surface area contributed by atoms with E-state index in [2.05, 4.69) is 5.32 Å². The number of methoxy groups -OCH3 is 1. The summed E-state index contributed by atoms with van der Waals surface area (Å²) >= 11 is 1.60. The van der Waals surface area contributed by atoms with Gasteiger partial charge in [0.1, 0.15) is 5.75 Å². The molecule has 0 aromatic heterocycles. The zero-order valence-electron chi connectivity index (χ0n) is 12.7. The van der Waals surface area contributed by atoms with Gasteiger partial charge in [0.05, 0.1) is 18.7 Å². The zero-order valence-corrected chi connectivity index (χ0v) is 13.5. The van der Waals surface area contributed by atoms with Crippen LogP contribution in [0.3, 0.4) is 0 Å². The van der Waals surface area contributed by atoms with Gasteiger partial charge in [-0.3, -0.25) is 4.79 Å². The van der Waals surface area contributed by atoms with Crippen molar-refractivity contribution in [3.63, 3.8) is 0 Å². The number of benzene rings is 1. The number of carbonyl (C=O) groups is 2. The molecule has 1 saturated heterocycles. The van der Waals surface area contributed by atoms with Crippen molar-refractivity contribution in [1.82, 2.24) is 4.90 Å². The molecule has 0 bridgehead atoms. The fraction of sp³-hybridized carbons (Fsp3) is 0.467. The van der Waals surface area contributed by atoms with Crippen LogP contribution >= 0.6 is 11.8 Å². The van der Waals surface area contributed by atoms with Gasteiger partial charge in [0.2, 0.25) is 0 Å². The Morgan fingerprint density at radius 3 is 2.59 bits per heavy atom. The molecule has 0 radical (unpaired) electrons. The average Bonchev–Trinajstić information content (AvgIpc) is 2.55. The van der Waals surface area contributed by atoms with Crippen molar-refractivity contribution in [2.75, 3.05) is 31.8 Å². The minimum Gasteiger partial charge on any atom is -0.495 e. The van der Waals surface area contributed by atoms with Gasteiger partial charge < -0.3 is 20.1 Å². The number of ether oxygens (including phenoxy) is 1. The second-order valence-corrected chi connectivity index (χ2v) is 5.98. The smallest absolute Gasteiger partial charge is 0.321 e. The molecule has 2 rings (SSSR count). The number of anilines is 1. The molecule has 6 nitrogen and oxygen atoms in total. The number of carboxylic acid groups (broad SMARTS) is 1. The third kappa shape index (κ3) is 3.85. The number of likely N-dealkylation sites (tertiary alicyclic amines) is 1. The van der Waals surface area contributed by atoms with Crippen LogP contribution < -0.4 is 10.1 Å². The lowest BCUT2D eigenvalue weighted by atomic mass is 9.97. The Balaban J connectivity index is 1.99. The summed E-state index contributed by atoms with van der Waals surface area (Å²) in [5.74, 6) is -0.519. The maximum Gasteiger partial charge on any atom is 0.321 e. The van der Waals surface area contributed by atoms with Gasteiger partial charge in [-0.2, -0.15) is 0 Å². The van der Waals surface area contributed by atoms with Gasteiger partial charge in [-0.15, -0.1) is 11.8 Å². The Kier molecular flexibility index (Phi) is 5.54. The van der Waals surface area contributed by atoms with Crippen molar-refractivity contribution in [3.8, 4) is 5.75 Å². The van der Waals surface area contributed by atoms with E-state index in [0.717, 1.165) is 4.90 Å². The molecule has 1 fully saturated rings. The Bertz CT molecular complexity index is 556. The predicted molar refractivity (Wildman–Crippen MR) is 85.7 cm³/mol. The minimum atomic E-state index is -0.783. The second kappa shape index (κ2) is 7.40. The molecule has 0 saturated carbocycles. The van der Waals surface area contributed by atoms with Gasteiger partial charge in [0, 0.05) is 18.0 Å². The van der Waals surface area contributed by atoms with Crippen LogP contribution in [0.15, 0.2) is 23.1 Å². The predicted octanol–water partition coefficient (Wildman–Crippen LogP) is 2.75. The second-order valence-electron chi connectivity index (χ2n) is 5.10. The highest BCUT2D eigenvalue weighted by Gasteiger charge is 2.27. The lowest BCUT2D eigenvalue weighted by molar-refractivity contribution is -0.143. The highest BCUT2D eigenvalue weighted by atomic mass is 32.2. The van der Waals surface area contributed by atoms with Gasteiger partial charge >= 0.3 is 12.0 Å². The molecule has 2 N–H and O–H groups in total. The molecule has 0 atom stereocenters. The van der Waals surface area contributed by atoms with Crippen LogP contribution in [-0.2, 0) is 4.79 Å². The van der Waals surface area contributed by atoms with Crippen LogP contribution in [0, 0.1) is 5.92 Å². The van der Waals surface area contributed by atoms with Crippen molar-refractivity contribution >= 4 is 29.4 Å². The first kappa shape index (κ1) is 16.5. The summed E-state index contributed by atoms with van der Waals surface area (Å²) in [7, 11) is 1.56. The molecule has 0 unspecified atom stereocenters. The van der Waals surface area contributed by atoms with Gasteiger partial charge in [0.15, 0.2) is 0 Å². The molecule has 2 amide bonds. The summed E-state index contributed by atoms with van der Waals surface area (Å²) < 4.78 is 5.30. The molecule has 1 heterocycles. The molecule has 1 aliphatic rings. The Labute approximate surface area is 133 Å². The van der Waals surface area contributed by atoms with Gasteiger partial charge in [-0.05, 0) is 37.3 Å². The number of carbonyl (C=O) groups excluding carboxylic acids is 1. The first-order chi connectivity index (χ1) is 10.5. The molecule has 1 aromatic carbocycles. The molecular formula is C15H20N2O4S. The molecular weight excluding hydrogens is 304 g/mol. The van der Waals surface area contributed by atoms with E-state index < -0.39 is 5.97 Å². The molecule has 0 aliphatic carbocycles. The number of hydrogen-bond acceptors (Lipinski definition) is 4. The fourth-order valence-electron chi connectivity index (χ4n) is 2.43. The first-order valence-corrected chi connectivity index (χ1v) is 8.28. The Hall–Kier alpha value is -1.89. The maximum atomic E-state index is 12.3. The highest BCUT2D eigenvalue weighted by molar-refractivity contribution is 7.98. The molecule has 1 aliphatic heterocycles. The van der Waals surface area contributed by atoms with Crippen molar-refractivity contribution in [2.45, 2.75) is 17.7 Å². The zero-order chi connectivity index (χ0) is 16.1. The van der Waals surface area contributed by atoms with Gasteiger partial charge in [-0.25, -0.2) is 4.79 Å².